The van der Waals surface area contributed by atoms with Gasteiger partial charge in [0.15, 0.2) is 0 Å². The van der Waals surface area contributed by atoms with Crippen molar-refractivity contribution in [3.8, 4) is 11.4 Å². The minimum Gasteiger partial charge on any atom is -0.338 e. The highest BCUT2D eigenvalue weighted by Gasteiger charge is 2.12. The average molecular weight is 434 g/mol. The fraction of sp³-hybridized carbons (Fsp3) is 0. The Hall–Kier alpha value is -4.85. The van der Waals surface area contributed by atoms with Gasteiger partial charge in [-0.1, -0.05) is 18.2 Å². The zero-order valence-electron chi connectivity index (χ0n) is 17.3. The summed E-state index contributed by atoms with van der Waals surface area (Å²) < 4.78 is 0. The molecule has 8 heteroatoms. The van der Waals surface area contributed by atoms with Crippen molar-refractivity contribution in [3.63, 3.8) is 0 Å². The lowest BCUT2D eigenvalue weighted by atomic mass is 10.1. The number of anilines is 2. The fourth-order valence-electron chi connectivity index (χ4n) is 3.33. The van der Waals surface area contributed by atoms with Crippen LogP contribution in [-0.4, -0.2) is 31.8 Å². The molecule has 160 valence electrons. The number of carbonyl (C=O) groups is 2. The lowest BCUT2D eigenvalue weighted by Gasteiger charge is -2.04. The first-order chi connectivity index (χ1) is 16.2. The molecule has 2 amide bonds. The number of nitrogens with one attached hydrogen (secondary N) is 3. The number of aromatic amines is 1. The Balaban J connectivity index is 1.33. The van der Waals surface area contributed by atoms with Crippen LogP contribution in [0.4, 0.5) is 11.5 Å². The summed E-state index contributed by atoms with van der Waals surface area (Å²) in [6, 6.07) is 21.2. The molecule has 0 spiro atoms. The number of aromatic nitrogens is 4. The van der Waals surface area contributed by atoms with Gasteiger partial charge < -0.3 is 15.6 Å². The molecule has 0 bridgehead atoms. The van der Waals surface area contributed by atoms with Crippen LogP contribution in [0, 0.1) is 0 Å². The highest BCUT2D eigenvalue weighted by atomic mass is 16.2. The smallest absolute Gasteiger partial charge is 0.256 e. The normalized spacial score (nSPS) is 10.7. The number of benzene rings is 2. The third kappa shape index (κ3) is 4.45. The first-order valence-corrected chi connectivity index (χ1v) is 10.2. The monoisotopic (exact) mass is 434 g/mol. The Morgan fingerprint density at radius 3 is 2.36 bits per heavy atom. The summed E-state index contributed by atoms with van der Waals surface area (Å²) in [7, 11) is 0. The molecule has 0 saturated carbocycles. The van der Waals surface area contributed by atoms with Crippen molar-refractivity contribution in [1.82, 2.24) is 19.9 Å². The molecule has 0 fully saturated rings. The van der Waals surface area contributed by atoms with Gasteiger partial charge in [0.25, 0.3) is 11.8 Å². The van der Waals surface area contributed by atoms with E-state index in [0.29, 0.717) is 28.5 Å². The maximum absolute atomic E-state index is 12.6. The highest BCUT2D eigenvalue weighted by molar-refractivity contribution is 6.06. The Kier molecular flexibility index (Phi) is 5.30. The molecule has 33 heavy (non-hydrogen) atoms. The second kappa shape index (κ2) is 8.72. The minimum atomic E-state index is -0.242. The second-order valence-electron chi connectivity index (χ2n) is 7.26. The van der Waals surface area contributed by atoms with Gasteiger partial charge in [-0.15, -0.1) is 0 Å². The van der Waals surface area contributed by atoms with E-state index < -0.39 is 0 Å². The predicted octanol–water partition coefficient (Wildman–Crippen LogP) is 4.52. The van der Waals surface area contributed by atoms with Gasteiger partial charge in [0, 0.05) is 29.1 Å². The highest BCUT2D eigenvalue weighted by Crippen LogP contribution is 2.22. The van der Waals surface area contributed by atoms with E-state index in [0.717, 1.165) is 16.6 Å². The molecule has 3 aromatic heterocycles. The number of imidazole rings is 1. The van der Waals surface area contributed by atoms with E-state index in [1.165, 1.54) is 0 Å². The average Bonchev–Trinajstić information content (AvgIpc) is 3.29. The quantitative estimate of drug-likeness (QED) is 0.376. The van der Waals surface area contributed by atoms with Gasteiger partial charge in [0.1, 0.15) is 11.6 Å². The summed E-state index contributed by atoms with van der Waals surface area (Å²) in [5.74, 6) is 0.664. The number of H-pyrrole nitrogens is 1. The van der Waals surface area contributed by atoms with Crippen molar-refractivity contribution in [2.45, 2.75) is 0 Å². The van der Waals surface area contributed by atoms with Crippen LogP contribution in [-0.2, 0) is 0 Å². The van der Waals surface area contributed by atoms with Gasteiger partial charge in [0.05, 0.1) is 22.9 Å². The molecule has 3 N–H and O–H groups in total. The Bertz CT molecular complexity index is 1430. The SMILES string of the molecule is O=C(Nc1cccnc1)c1ccc2nc(-c3ccc(C(=O)Nc4ccccn4)cc3)[nH]c2c1. The van der Waals surface area contributed by atoms with Gasteiger partial charge in [-0.3, -0.25) is 14.6 Å². The Labute approximate surface area is 188 Å². The van der Waals surface area contributed by atoms with Crippen LogP contribution >= 0.6 is 0 Å². The van der Waals surface area contributed by atoms with Gasteiger partial charge >= 0.3 is 0 Å². The largest absolute Gasteiger partial charge is 0.338 e. The molecule has 8 nitrogen and oxygen atoms in total. The summed E-state index contributed by atoms with van der Waals surface area (Å²) in [4.78, 5) is 40.9. The summed E-state index contributed by atoms with van der Waals surface area (Å²) in [6.07, 6.45) is 4.85. The zero-order chi connectivity index (χ0) is 22.6. The molecule has 0 saturated heterocycles. The molecule has 0 unspecified atom stereocenters. The molecule has 5 aromatic rings. The third-order valence-corrected chi connectivity index (χ3v) is 4.99. The van der Waals surface area contributed by atoms with Gasteiger partial charge in [-0.25, -0.2) is 9.97 Å². The molecule has 2 aromatic carbocycles. The maximum Gasteiger partial charge on any atom is 0.256 e. The summed E-state index contributed by atoms with van der Waals surface area (Å²) in [5.41, 5.74) is 3.93. The minimum absolute atomic E-state index is 0.232. The van der Waals surface area contributed by atoms with Crippen molar-refractivity contribution in [3.05, 3.63) is 103 Å². The van der Waals surface area contributed by atoms with Gasteiger partial charge in [-0.2, -0.15) is 0 Å². The number of rotatable bonds is 5. The lowest BCUT2D eigenvalue weighted by Crippen LogP contribution is -2.12. The van der Waals surface area contributed by atoms with Crippen molar-refractivity contribution < 1.29 is 9.59 Å². The van der Waals surface area contributed by atoms with Crippen LogP contribution in [0.5, 0.6) is 0 Å². The first-order valence-electron chi connectivity index (χ1n) is 10.2. The van der Waals surface area contributed by atoms with E-state index >= 15 is 0 Å². The molecule has 0 radical (unpaired) electrons. The standard InChI is InChI=1S/C25H18N6O2/c32-24(31-22-5-1-2-13-27-22)17-8-6-16(7-9-17)23-29-20-11-10-18(14-21(20)30-23)25(33)28-19-4-3-12-26-15-19/h1-15H,(H,28,33)(H,29,30)(H,27,31,32). The van der Waals surface area contributed by atoms with E-state index in [-0.39, 0.29) is 11.8 Å². The topological polar surface area (TPSA) is 113 Å². The van der Waals surface area contributed by atoms with Crippen LogP contribution in [0.1, 0.15) is 20.7 Å². The molecule has 0 aliphatic heterocycles. The number of pyridine rings is 2. The van der Waals surface area contributed by atoms with Gasteiger partial charge in [-0.05, 0) is 54.6 Å². The van der Waals surface area contributed by atoms with Gasteiger partial charge in [0.2, 0.25) is 0 Å². The molecular weight excluding hydrogens is 416 g/mol. The lowest BCUT2D eigenvalue weighted by molar-refractivity contribution is 0.101. The number of amides is 2. The summed E-state index contributed by atoms with van der Waals surface area (Å²) in [5, 5.41) is 5.58. The molecule has 3 heterocycles. The number of carbonyl (C=O) groups excluding carboxylic acids is 2. The molecule has 0 atom stereocenters. The number of nitrogens with zero attached hydrogens (tertiary/aromatic N) is 3. The van der Waals surface area contributed by atoms with Crippen LogP contribution in [0.2, 0.25) is 0 Å². The Morgan fingerprint density at radius 2 is 1.61 bits per heavy atom. The second-order valence-corrected chi connectivity index (χ2v) is 7.26. The van der Waals surface area contributed by atoms with Crippen molar-refractivity contribution in [2.75, 3.05) is 10.6 Å². The summed E-state index contributed by atoms with van der Waals surface area (Å²) >= 11 is 0. The van der Waals surface area contributed by atoms with Crippen molar-refractivity contribution in [1.29, 1.82) is 0 Å². The summed E-state index contributed by atoms with van der Waals surface area (Å²) in [6.45, 7) is 0. The van der Waals surface area contributed by atoms with Crippen molar-refractivity contribution >= 4 is 34.4 Å². The van der Waals surface area contributed by atoms with Crippen molar-refractivity contribution in [2.24, 2.45) is 0 Å². The predicted molar refractivity (Wildman–Crippen MR) is 126 cm³/mol. The number of fused-ring (bicyclic) bond motifs is 1. The first kappa shape index (κ1) is 20.1. The molecule has 5 rings (SSSR count). The van der Waals surface area contributed by atoms with Crippen LogP contribution in [0.3, 0.4) is 0 Å². The molecule has 0 aliphatic carbocycles. The fourth-order valence-corrected chi connectivity index (χ4v) is 3.33. The van der Waals surface area contributed by atoms with E-state index in [1.54, 1.807) is 79.3 Å². The number of hydrogen-bond donors (Lipinski definition) is 3. The zero-order valence-corrected chi connectivity index (χ0v) is 17.3. The third-order valence-electron chi connectivity index (χ3n) is 4.99. The maximum atomic E-state index is 12.6. The van der Waals surface area contributed by atoms with E-state index in [1.807, 2.05) is 12.1 Å². The van der Waals surface area contributed by atoms with Crippen LogP contribution in [0.15, 0.2) is 91.4 Å². The van der Waals surface area contributed by atoms with E-state index in [9.17, 15) is 9.59 Å². The van der Waals surface area contributed by atoms with Crippen LogP contribution < -0.4 is 10.6 Å². The van der Waals surface area contributed by atoms with Crippen LogP contribution in [0.25, 0.3) is 22.4 Å². The Morgan fingerprint density at radius 1 is 0.788 bits per heavy atom. The van der Waals surface area contributed by atoms with E-state index in [4.69, 9.17) is 0 Å². The molecule has 0 aliphatic rings. The van der Waals surface area contributed by atoms with E-state index in [2.05, 4.69) is 30.6 Å². The molecular formula is C25H18N6O2. The number of hydrogen-bond acceptors (Lipinski definition) is 5.